The number of aromatic nitrogens is 1. The normalized spacial score (nSPS) is 10.7. The Balaban J connectivity index is 1.68. The Bertz CT molecular complexity index is 1020. The zero-order chi connectivity index (χ0) is 18.7. The van der Waals surface area contributed by atoms with Gasteiger partial charge in [0.2, 0.25) is 5.56 Å². The molecule has 0 aliphatic heterocycles. The van der Waals surface area contributed by atoms with Crippen LogP contribution < -0.4 is 5.56 Å². The van der Waals surface area contributed by atoms with Gasteiger partial charge in [-0.1, -0.05) is 18.2 Å². The van der Waals surface area contributed by atoms with Crippen molar-refractivity contribution in [3.8, 4) is 0 Å². The van der Waals surface area contributed by atoms with Crippen molar-refractivity contribution in [1.82, 2.24) is 9.88 Å². The number of para-hydroxylation sites is 1. The molecule has 2 aromatic heterocycles. The minimum absolute atomic E-state index is 0.147. The van der Waals surface area contributed by atoms with Crippen molar-refractivity contribution in [1.29, 1.82) is 0 Å². The van der Waals surface area contributed by atoms with Gasteiger partial charge in [0.05, 0.1) is 12.1 Å². The molecule has 6 nitrogen and oxygen atoms in total. The summed E-state index contributed by atoms with van der Waals surface area (Å²) in [7, 11) is 1.66. The van der Waals surface area contributed by atoms with E-state index in [2.05, 4.69) is 4.98 Å². The number of carbonyl (C=O) groups is 2. The summed E-state index contributed by atoms with van der Waals surface area (Å²) in [4.78, 5) is 41.6. The first kappa shape index (κ1) is 17.9. The van der Waals surface area contributed by atoms with Gasteiger partial charge in [0.1, 0.15) is 0 Å². The fourth-order valence-corrected chi connectivity index (χ4v) is 3.52. The number of hydrogen-bond donors (Lipinski definition) is 1. The largest absolute Gasteiger partial charge is 0.452 e. The fraction of sp³-hybridized carbons (Fsp3) is 0.211. The Kier molecular flexibility index (Phi) is 5.18. The number of rotatable bonds is 5. The molecule has 0 saturated carbocycles. The third kappa shape index (κ3) is 3.83. The third-order valence-corrected chi connectivity index (χ3v) is 5.08. The van der Waals surface area contributed by atoms with Crippen molar-refractivity contribution >= 4 is 34.1 Å². The fourth-order valence-electron chi connectivity index (χ4n) is 2.56. The lowest BCUT2D eigenvalue weighted by molar-refractivity contribution is -0.133. The number of pyridine rings is 1. The van der Waals surface area contributed by atoms with Crippen molar-refractivity contribution in [3.63, 3.8) is 0 Å². The molecule has 3 rings (SSSR count). The summed E-state index contributed by atoms with van der Waals surface area (Å²) in [6.07, 6.45) is 0. The lowest BCUT2D eigenvalue weighted by atomic mass is 10.1. The minimum Gasteiger partial charge on any atom is -0.452 e. The summed E-state index contributed by atoms with van der Waals surface area (Å²) in [5, 5.41) is 2.55. The molecular formula is C19H18N2O4S. The molecule has 0 radical (unpaired) electrons. The summed E-state index contributed by atoms with van der Waals surface area (Å²) < 4.78 is 5.14. The molecule has 0 bridgehead atoms. The number of hydrogen-bond acceptors (Lipinski definition) is 5. The quantitative estimate of drug-likeness (QED) is 0.701. The van der Waals surface area contributed by atoms with E-state index < -0.39 is 11.5 Å². The Morgan fingerprint density at radius 3 is 2.73 bits per heavy atom. The van der Waals surface area contributed by atoms with Gasteiger partial charge in [0, 0.05) is 28.9 Å². The highest BCUT2D eigenvalue weighted by Gasteiger charge is 2.17. The molecule has 7 heteroatoms. The van der Waals surface area contributed by atoms with E-state index in [-0.39, 0.29) is 18.1 Å². The van der Waals surface area contributed by atoms with E-state index in [0.29, 0.717) is 17.4 Å². The molecule has 1 amide bonds. The molecule has 1 N–H and O–H groups in total. The number of aromatic amines is 1. The Morgan fingerprint density at radius 1 is 1.23 bits per heavy atom. The van der Waals surface area contributed by atoms with E-state index in [9.17, 15) is 14.4 Å². The van der Waals surface area contributed by atoms with Crippen LogP contribution in [0.5, 0.6) is 0 Å². The van der Waals surface area contributed by atoms with Crippen molar-refractivity contribution in [2.45, 2.75) is 13.5 Å². The molecule has 0 atom stereocenters. The van der Waals surface area contributed by atoms with E-state index in [1.54, 1.807) is 42.6 Å². The number of nitrogens with zero attached hydrogens (tertiary/aromatic N) is 1. The summed E-state index contributed by atoms with van der Waals surface area (Å²) in [5.74, 6) is -0.998. The van der Waals surface area contributed by atoms with E-state index >= 15 is 0 Å². The average Bonchev–Trinajstić information content (AvgIpc) is 3.03. The second kappa shape index (κ2) is 7.53. The predicted octanol–water partition coefficient (Wildman–Crippen LogP) is 2.71. The number of nitrogens with one attached hydrogen (secondary N) is 1. The van der Waals surface area contributed by atoms with E-state index in [4.69, 9.17) is 4.74 Å². The van der Waals surface area contributed by atoms with Crippen LogP contribution in [0.15, 0.2) is 46.6 Å². The van der Waals surface area contributed by atoms with Gasteiger partial charge in [-0.3, -0.25) is 9.59 Å². The minimum atomic E-state index is -0.693. The van der Waals surface area contributed by atoms with Crippen LogP contribution in [-0.4, -0.2) is 35.4 Å². The van der Waals surface area contributed by atoms with Crippen molar-refractivity contribution in [2.24, 2.45) is 0 Å². The highest BCUT2D eigenvalue weighted by Crippen LogP contribution is 2.18. The van der Waals surface area contributed by atoms with Crippen molar-refractivity contribution in [2.75, 3.05) is 13.7 Å². The molecule has 0 unspecified atom stereocenters. The monoisotopic (exact) mass is 370 g/mol. The highest BCUT2D eigenvalue weighted by molar-refractivity contribution is 7.10. The van der Waals surface area contributed by atoms with Crippen LogP contribution >= 0.6 is 11.3 Å². The number of aryl methyl sites for hydroxylation is 1. The molecule has 0 fully saturated rings. The van der Waals surface area contributed by atoms with Gasteiger partial charge in [0.25, 0.3) is 5.91 Å². The van der Waals surface area contributed by atoms with E-state index in [1.165, 1.54) is 11.0 Å². The average molecular weight is 370 g/mol. The van der Waals surface area contributed by atoms with Crippen molar-refractivity contribution < 1.29 is 14.3 Å². The summed E-state index contributed by atoms with van der Waals surface area (Å²) in [6.45, 7) is 2.08. The molecular weight excluding hydrogens is 352 g/mol. The lowest BCUT2D eigenvalue weighted by Crippen LogP contribution is -2.31. The SMILES string of the molecule is Cc1ccsc1CN(C)C(=O)COC(=O)c1cc(=O)[nH]c2ccccc12. The topological polar surface area (TPSA) is 79.5 Å². The van der Waals surface area contributed by atoms with Crippen LogP contribution in [0.3, 0.4) is 0 Å². The molecule has 3 aromatic rings. The molecule has 0 saturated heterocycles. The van der Waals surface area contributed by atoms with Gasteiger partial charge in [-0.25, -0.2) is 4.79 Å². The van der Waals surface area contributed by atoms with Crippen LogP contribution in [-0.2, 0) is 16.1 Å². The zero-order valence-electron chi connectivity index (χ0n) is 14.4. The first-order valence-electron chi connectivity index (χ1n) is 8.02. The standard InChI is InChI=1S/C19H18N2O4S/c1-12-7-8-26-16(12)10-21(2)18(23)11-25-19(24)14-9-17(22)20-15-6-4-3-5-13(14)15/h3-9H,10-11H2,1-2H3,(H,20,22). The number of amides is 1. The number of benzene rings is 1. The number of H-pyrrole nitrogens is 1. The summed E-state index contributed by atoms with van der Waals surface area (Å²) >= 11 is 1.58. The van der Waals surface area contributed by atoms with Gasteiger partial charge in [0.15, 0.2) is 6.61 Å². The smallest absolute Gasteiger partial charge is 0.339 e. The second-order valence-electron chi connectivity index (χ2n) is 5.95. The van der Waals surface area contributed by atoms with Crippen LogP contribution in [0.1, 0.15) is 20.8 Å². The van der Waals surface area contributed by atoms with Gasteiger partial charge in [-0.05, 0) is 30.0 Å². The van der Waals surface area contributed by atoms with Gasteiger partial charge < -0.3 is 14.6 Å². The molecule has 2 heterocycles. The number of ether oxygens (including phenoxy) is 1. The Hall–Kier alpha value is -2.93. The predicted molar refractivity (Wildman–Crippen MR) is 100 cm³/mol. The highest BCUT2D eigenvalue weighted by atomic mass is 32.1. The van der Waals surface area contributed by atoms with Gasteiger partial charge in [-0.15, -0.1) is 11.3 Å². The lowest BCUT2D eigenvalue weighted by Gasteiger charge is -2.17. The molecule has 134 valence electrons. The maximum absolute atomic E-state index is 12.4. The molecule has 1 aromatic carbocycles. The summed E-state index contributed by atoms with van der Waals surface area (Å²) in [5.41, 5.74) is 1.42. The summed E-state index contributed by atoms with van der Waals surface area (Å²) in [6, 6.07) is 10.1. The van der Waals surface area contributed by atoms with Crippen LogP contribution in [0.2, 0.25) is 0 Å². The zero-order valence-corrected chi connectivity index (χ0v) is 15.3. The first-order chi connectivity index (χ1) is 12.5. The van der Waals surface area contributed by atoms with Crippen LogP contribution in [0.4, 0.5) is 0 Å². The molecule has 0 spiro atoms. The first-order valence-corrected chi connectivity index (χ1v) is 8.90. The molecule has 0 aliphatic carbocycles. The number of thiophene rings is 1. The van der Waals surface area contributed by atoms with Crippen molar-refractivity contribution in [3.05, 3.63) is 68.1 Å². The van der Waals surface area contributed by atoms with Gasteiger partial charge in [-0.2, -0.15) is 0 Å². The van der Waals surface area contributed by atoms with E-state index in [1.807, 2.05) is 18.4 Å². The number of likely N-dealkylation sites (N-methyl/N-ethyl adjacent to an activating group) is 1. The number of carbonyl (C=O) groups excluding carboxylic acids is 2. The maximum Gasteiger partial charge on any atom is 0.339 e. The van der Waals surface area contributed by atoms with Crippen LogP contribution in [0, 0.1) is 6.92 Å². The molecule has 0 aliphatic rings. The van der Waals surface area contributed by atoms with E-state index in [0.717, 1.165) is 10.4 Å². The maximum atomic E-state index is 12.4. The molecule has 26 heavy (non-hydrogen) atoms. The Morgan fingerprint density at radius 2 is 2.00 bits per heavy atom. The number of esters is 1. The van der Waals surface area contributed by atoms with Gasteiger partial charge >= 0.3 is 5.97 Å². The number of fused-ring (bicyclic) bond motifs is 1. The van der Waals surface area contributed by atoms with Crippen LogP contribution in [0.25, 0.3) is 10.9 Å². The Labute approximate surface area is 154 Å². The third-order valence-electron chi connectivity index (χ3n) is 4.07. The second-order valence-corrected chi connectivity index (χ2v) is 6.95.